The van der Waals surface area contributed by atoms with Crippen molar-refractivity contribution >= 4 is 33.4 Å². The molecule has 0 aliphatic carbocycles. The molecule has 0 bridgehead atoms. The van der Waals surface area contributed by atoms with E-state index in [9.17, 15) is 18.4 Å². The van der Waals surface area contributed by atoms with Gasteiger partial charge in [-0.25, -0.2) is 13.6 Å². The summed E-state index contributed by atoms with van der Waals surface area (Å²) >= 11 is 0. The summed E-state index contributed by atoms with van der Waals surface area (Å²) in [7, 11) is 1.25. The summed E-state index contributed by atoms with van der Waals surface area (Å²) in [5.41, 5.74) is 1.09. The number of hydrogen-bond acceptors (Lipinski definition) is 3. The van der Waals surface area contributed by atoms with Crippen LogP contribution in [0.25, 0.3) is 21.5 Å². The highest BCUT2D eigenvalue weighted by atomic mass is 19.1. The Labute approximate surface area is 183 Å². The summed E-state index contributed by atoms with van der Waals surface area (Å²) in [6.07, 6.45) is -0.0593. The van der Waals surface area contributed by atoms with Gasteiger partial charge in [0.1, 0.15) is 17.7 Å². The smallest absolute Gasteiger partial charge is 0.328 e. The Bertz CT molecular complexity index is 1240. The van der Waals surface area contributed by atoms with Crippen LogP contribution in [0.2, 0.25) is 0 Å². The molecular formula is C26H21F2NO3. The van der Waals surface area contributed by atoms with E-state index in [4.69, 9.17) is 4.74 Å². The maximum absolute atomic E-state index is 13.5. The van der Waals surface area contributed by atoms with Crippen LogP contribution in [0.3, 0.4) is 0 Å². The first-order valence-corrected chi connectivity index (χ1v) is 10.2. The van der Waals surface area contributed by atoms with Gasteiger partial charge in [-0.2, -0.15) is 0 Å². The number of amides is 1. The molecule has 0 saturated carbocycles. The van der Waals surface area contributed by atoms with Crippen molar-refractivity contribution in [2.45, 2.75) is 18.9 Å². The van der Waals surface area contributed by atoms with Gasteiger partial charge >= 0.3 is 5.97 Å². The molecule has 1 amide bonds. The molecule has 4 nitrogen and oxygen atoms in total. The SMILES string of the molecule is COC(=O)[C@@H](Cc1c2ccccc2cc2ccccc12)NC(=O)Cc1cc(F)cc(F)c1. The summed E-state index contributed by atoms with van der Waals surface area (Å²) in [6, 6.07) is 19.7. The number of nitrogens with one attached hydrogen (secondary N) is 1. The molecule has 0 aliphatic heterocycles. The van der Waals surface area contributed by atoms with Crippen molar-refractivity contribution in [2.24, 2.45) is 0 Å². The summed E-state index contributed by atoms with van der Waals surface area (Å²) in [5, 5.41) is 6.66. The molecule has 0 fully saturated rings. The number of carbonyl (C=O) groups excluding carboxylic acids is 2. The predicted octanol–water partition coefficient (Wildman–Crippen LogP) is 4.71. The maximum atomic E-state index is 13.5. The van der Waals surface area contributed by atoms with E-state index in [1.165, 1.54) is 7.11 Å². The zero-order chi connectivity index (χ0) is 22.7. The van der Waals surface area contributed by atoms with Crippen molar-refractivity contribution in [1.29, 1.82) is 0 Å². The number of esters is 1. The molecule has 0 saturated heterocycles. The summed E-state index contributed by atoms with van der Waals surface area (Å²) in [4.78, 5) is 25.1. The van der Waals surface area contributed by atoms with Gasteiger partial charge in [-0.3, -0.25) is 4.79 Å². The summed E-state index contributed by atoms with van der Waals surface area (Å²) in [6.45, 7) is 0. The highest BCUT2D eigenvalue weighted by molar-refractivity contribution is 6.02. The largest absolute Gasteiger partial charge is 0.467 e. The third kappa shape index (κ3) is 4.59. The van der Waals surface area contributed by atoms with Gasteiger partial charge < -0.3 is 10.1 Å². The van der Waals surface area contributed by atoms with E-state index in [2.05, 4.69) is 11.4 Å². The molecule has 4 rings (SSSR count). The van der Waals surface area contributed by atoms with Gasteiger partial charge in [0.25, 0.3) is 0 Å². The van der Waals surface area contributed by atoms with Crippen molar-refractivity contribution in [3.05, 3.63) is 95.6 Å². The van der Waals surface area contributed by atoms with Gasteiger partial charge in [0, 0.05) is 12.5 Å². The van der Waals surface area contributed by atoms with Gasteiger partial charge in [0.15, 0.2) is 0 Å². The number of hydrogen-bond donors (Lipinski definition) is 1. The molecule has 0 aromatic heterocycles. The van der Waals surface area contributed by atoms with Crippen LogP contribution in [-0.4, -0.2) is 25.0 Å². The highest BCUT2D eigenvalue weighted by Gasteiger charge is 2.24. The van der Waals surface area contributed by atoms with Crippen LogP contribution in [0.4, 0.5) is 8.78 Å². The Kier molecular flexibility index (Phi) is 6.12. The van der Waals surface area contributed by atoms with Crippen LogP contribution in [-0.2, 0) is 27.2 Å². The zero-order valence-electron chi connectivity index (χ0n) is 17.4. The van der Waals surface area contributed by atoms with Crippen LogP contribution >= 0.6 is 0 Å². The second-order valence-electron chi connectivity index (χ2n) is 7.60. The van der Waals surface area contributed by atoms with Gasteiger partial charge in [-0.15, -0.1) is 0 Å². The lowest BCUT2D eigenvalue weighted by Crippen LogP contribution is -2.43. The van der Waals surface area contributed by atoms with Crippen molar-refractivity contribution in [3.8, 4) is 0 Å². The molecule has 1 N–H and O–H groups in total. The van der Waals surface area contributed by atoms with Crippen LogP contribution in [0.1, 0.15) is 11.1 Å². The van der Waals surface area contributed by atoms with Crippen LogP contribution < -0.4 is 5.32 Å². The minimum Gasteiger partial charge on any atom is -0.467 e. The fourth-order valence-corrected chi connectivity index (χ4v) is 4.01. The molecule has 6 heteroatoms. The lowest BCUT2D eigenvalue weighted by Gasteiger charge is -2.19. The maximum Gasteiger partial charge on any atom is 0.328 e. The molecule has 0 heterocycles. The first kappa shape index (κ1) is 21.4. The Morgan fingerprint density at radius 2 is 1.44 bits per heavy atom. The third-order valence-corrected chi connectivity index (χ3v) is 5.40. The average molecular weight is 433 g/mol. The van der Waals surface area contributed by atoms with E-state index in [-0.39, 0.29) is 18.4 Å². The number of benzene rings is 4. The van der Waals surface area contributed by atoms with Crippen LogP contribution in [0, 0.1) is 11.6 Å². The minimum absolute atomic E-state index is 0.180. The minimum atomic E-state index is -0.958. The standard InChI is InChI=1S/C26H21F2NO3/c1-32-26(31)24(29-25(30)12-16-10-19(27)14-20(28)11-16)15-23-21-8-4-2-6-17(21)13-18-7-3-5-9-22(18)23/h2-11,13-14,24H,12,15H2,1H3,(H,29,30)/t24-/m1/s1. The van der Waals surface area contributed by atoms with E-state index in [1.54, 1.807) is 0 Å². The predicted molar refractivity (Wildman–Crippen MR) is 119 cm³/mol. The van der Waals surface area contributed by atoms with Crippen molar-refractivity contribution in [1.82, 2.24) is 5.32 Å². The molecule has 4 aromatic carbocycles. The Morgan fingerprint density at radius 3 is 2.00 bits per heavy atom. The molecule has 0 spiro atoms. The first-order chi connectivity index (χ1) is 15.4. The van der Waals surface area contributed by atoms with Crippen LogP contribution in [0.15, 0.2) is 72.8 Å². The number of ether oxygens (including phenoxy) is 1. The number of carbonyl (C=O) groups is 2. The number of rotatable bonds is 6. The second kappa shape index (κ2) is 9.14. The van der Waals surface area contributed by atoms with Gasteiger partial charge in [0.2, 0.25) is 5.91 Å². The lowest BCUT2D eigenvalue weighted by atomic mass is 9.92. The second-order valence-corrected chi connectivity index (χ2v) is 7.60. The zero-order valence-corrected chi connectivity index (χ0v) is 17.4. The van der Waals surface area contributed by atoms with Crippen molar-refractivity contribution in [2.75, 3.05) is 7.11 Å². The fraction of sp³-hybridized carbons (Fsp3) is 0.154. The van der Waals surface area contributed by atoms with Crippen molar-refractivity contribution < 1.29 is 23.1 Å². The van der Waals surface area contributed by atoms with Gasteiger partial charge in [-0.1, -0.05) is 48.5 Å². The molecule has 0 aliphatic rings. The van der Waals surface area contributed by atoms with E-state index < -0.39 is 29.6 Å². The van der Waals surface area contributed by atoms with E-state index in [1.807, 2.05) is 48.5 Å². The normalized spacial score (nSPS) is 12.0. The fourth-order valence-electron chi connectivity index (χ4n) is 4.01. The van der Waals surface area contributed by atoms with Crippen molar-refractivity contribution in [3.63, 3.8) is 0 Å². The molecule has 0 radical (unpaired) electrons. The van der Waals surface area contributed by atoms with E-state index in [0.29, 0.717) is 0 Å². The molecule has 162 valence electrons. The lowest BCUT2D eigenvalue weighted by molar-refractivity contribution is -0.145. The number of methoxy groups -OCH3 is 1. The Morgan fingerprint density at radius 1 is 0.875 bits per heavy atom. The van der Waals surface area contributed by atoms with Gasteiger partial charge in [0.05, 0.1) is 13.5 Å². The monoisotopic (exact) mass is 433 g/mol. The quantitative estimate of drug-likeness (QED) is 0.354. The molecule has 32 heavy (non-hydrogen) atoms. The summed E-state index contributed by atoms with van der Waals surface area (Å²) < 4.78 is 31.8. The van der Waals surface area contributed by atoms with Crippen LogP contribution in [0.5, 0.6) is 0 Å². The Balaban J connectivity index is 1.66. The molecule has 1 atom stereocenters. The highest BCUT2D eigenvalue weighted by Crippen LogP contribution is 2.29. The number of halogens is 2. The molecule has 0 unspecified atom stereocenters. The van der Waals surface area contributed by atoms with E-state index in [0.717, 1.165) is 45.3 Å². The third-order valence-electron chi connectivity index (χ3n) is 5.40. The summed E-state index contributed by atoms with van der Waals surface area (Å²) in [5.74, 6) is -2.66. The average Bonchev–Trinajstić information content (AvgIpc) is 2.77. The topological polar surface area (TPSA) is 55.4 Å². The molecule has 4 aromatic rings. The number of fused-ring (bicyclic) bond motifs is 2. The van der Waals surface area contributed by atoms with Gasteiger partial charge in [-0.05, 0) is 50.9 Å². The van der Waals surface area contributed by atoms with E-state index >= 15 is 0 Å². The first-order valence-electron chi connectivity index (χ1n) is 10.2. The Hall–Kier alpha value is -3.80. The molecular weight excluding hydrogens is 412 g/mol.